The lowest BCUT2D eigenvalue weighted by Gasteiger charge is -2.15. The van der Waals surface area contributed by atoms with Crippen LogP contribution in [0.2, 0.25) is 0 Å². The maximum absolute atomic E-state index is 12.4. The van der Waals surface area contributed by atoms with Crippen molar-refractivity contribution in [1.82, 2.24) is 10.6 Å². The van der Waals surface area contributed by atoms with Crippen molar-refractivity contribution in [2.24, 2.45) is 0 Å². The van der Waals surface area contributed by atoms with Gasteiger partial charge in [0.15, 0.2) is 17.6 Å². The zero-order valence-corrected chi connectivity index (χ0v) is 16.2. The summed E-state index contributed by atoms with van der Waals surface area (Å²) in [6.45, 7) is 6.55. The van der Waals surface area contributed by atoms with E-state index in [1.807, 2.05) is 5.32 Å². The van der Waals surface area contributed by atoms with E-state index in [9.17, 15) is 24.5 Å². The van der Waals surface area contributed by atoms with E-state index in [0.717, 1.165) is 12.1 Å². The van der Waals surface area contributed by atoms with Crippen LogP contribution >= 0.6 is 0 Å². The quantitative estimate of drug-likeness (QED) is 0.383. The van der Waals surface area contributed by atoms with Crippen LogP contribution in [-0.2, 0) is 9.53 Å². The number of ether oxygens (including phenoxy) is 3. The number of nitrogens with one attached hydrogen (secondary N) is 2. The summed E-state index contributed by atoms with van der Waals surface area (Å²) in [7, 11) is 1.30. The number of methoxy groups -OCH3 is 1. The molecule has 1 atom stereocenters. The topological polar surface area (TPSA) is 146 Å². The van der Waals surface area contributed by atoms with Crippen LogP contribution in [0.3, 0.4) is 0 Å². The Morgan fingerprint density at radius 1 is 1.18 bits per heavy atom. The van der Waals surface area contributed by atoms with Crippen molar-refractivity contribution in [3.05, 3.63) is 27.8 Å². The van der Waals surface area contributed by atoms with E-state index in [4.69, 9.17) is 14.2 Å². The summed E-state index contributed by atoms with van der Waals surface area (Å²) in [4.78, 5) is 46.4. The van der Waals surface area contributed by atoms with Gasteiger partial charge in [-0.2, -0.15) is 0 Å². The van der Waals surface area contributed by atoms with Gasteiger partial charge < -0.3 is 19.5 Å². The zero-order chi connectivity index (χ0) is 21.4. The highest BCUT2D eigenvalue weighted by atomic mass is 16.6. The highest BCUT2D eigenvalue weighted by Crippen LogP contribution is 2.35. The van der Waals surface area contributed by atoms with E-state index in [1.165, 1.54) is 14.0 Å². The summed E-state index contributed by atoms with van der Waals surface area (Å²) < 4.78 is 15.3. The van der Waals surface area contributed by atoms with E-state index in [1.54, 1.807) is 20.8 Å². The number of imide groups is 1. The van der Waals surface area contributed by atoms with Gasteiger partial charge in [-0.25, -0.2) is 9.59 Å². The van der Waals surface area contributed by atoms with Gasteiger partial charge in [0.25, 0.3) is 11.6 Å². The average molecular weight is 397 g/mol. The normalized spacial score (nSPS) is 11.4. The fourth-order valence-electron chi connectivity index (χ4n) is 2.08. The average Bonchev–Trinajstić information content (AvgIpc) is 2.60. The molecular formula is C17H23N3O8. The Balaban J connectivity index is 3.04. The molecule has 0 aliphatic heterocycles. The molecule has 11 heteroatoms. The first-order valence-electron chi connectivity index (χ1n) is 8.42. The molecule has 0 aliphatic rings. The molecule has 0 saturated heterocycles. The van der Waals surface area contributed by atoms with Crippen molar-refractivity contribution in [2.45, 2.75) is 39.8 Å². The Kier molecular flexibility index (Phi) is 8.17. The summed E-state index contributed by atoms with van der Waals surface area (Å²) in [6, 6.07) is 1.18. The van der Waals surface area contributed by atoms with Crippen molar-refractivity contribution < 1.29 is 33.5 Å². The number of nitro groups is 1. The lowest BCUT2D eigenvalue weighted by molar-refractivity contribution is -0.385. The number of carbonyl (C=O) groups excluding carboxylic acids is 3. The van der Waals surface area contributed by atoms with Crippen LogP contribution in [0.4, 0.5) is 10.5 Å². The van der Waals surface area contributed by atoms with Crippen molar-refractivity contribution in [3.63, 3.8) is 0 Å². The van der Waals surface area contributed by atoms with Crippen molar-refractivity contribution in [2.75, 3.05) is 13.7 Å². The molecule has 0 saturated carbocycles. The molecule has 11 nitrogen and oxygen atoms in total. The van der Waals surface area contributed by atoms with Gasteiger partial charge in [-0.05, 0) is 27.7 Å². The molecule has 1 aromatic rings. The monoisotopic (exact) mass is 397 g/mol. The Morgan fingerprint density at radius 3 is 2.32 bits per heavy atom. The third-order valence-corrected chi connectivity index (χ3v) is 3.31. The summed E-state index contributed by atoms with van der Waals surface area (Å²) in [5.41, 5.74) is -0.990. The Hall–Kier alpha value is -3.37. The summed E-state index contributed by atoms with van der Waals surface area (Å²) in [5, 5.41) is 15.8. The van der Waals surface area contributed by atoms with Gasteiger partial charge in [0, 0.05) is 12.1 Å². The maximum atomic E-state index is 12.4. The van der Waals surface area contributed by atoms with Crippen LogP contribution < -0.4 is 20.1 Å². The summed E-state index contributed by atoms with van der Waals surface area (Å²) in [6.07, 6.45) is -1.37. The van der Waals surface area contributed by atoms with Crippen LogP contribution in [-0.4, -0.2) is 48.7 Å². The second-order valence-electron chi connectivity index (χ2n) is 5.88. The molecule has 0 fully saturated rings. The number of benzene rings is 1. The number of hydrogen-bond donors (Lipinski definition) is 2. The number of rotatable bonds is 8. The first-order chi connectivity index (χ1) is 13.1. The largest absolute Gasteiger partial charge is 0.493 e. The second kappa shape index (κ2) is 10.1. The number of nitrogens with zero attached hydrogens (tertiary/aromatic N) is 1. The van der Waals surface area contributed by atoms with Crippen LogP contribution in [0.25, 0.3) is 0 Å². The lowest BCUT2D eigenvalue weighted by atomic mass is 10.1. The first-order valence-corrected chi connectivity index (χ1v) is 8.42. The van der Waals surface area contributed by atoms with E-state index in [-0.39, 0.29) is 24.1 Å². The van der Waals surface area contributed by atoms with Crippen LogP contribution in [0.5, 0.6) is 11.5 Å². The second-order valence-corrected chi connectivity index (χ2v) is 5.88. The molecular weight excluding hydrogens is 374 g/mol. The van der Waals surface area contributed by atoms with Crippen molar-refractivity contribution >= 4 is 23.6 Å². The predicted molar refractivity (Wildman–Crippen MR) is 97.5 cm³/mol. The molecule has 0 aromatic heterocycles. The minimum absolute atomic E-state index is 0.0706. The minimum atomic E-state index is -1.37. The molecule has 28 heavy (non-hydrogen) atoms. The van der Waals surface area contributed by atoms with E-state index in [0.29, 0.717) is 0 Å². The smallest absolute Gasteiger partial charge is 0.346 e. The molecule has 3 amide bonds. The Morgan fingerprint density at radius 2 is 1.82 bits per heavy atom. The minimum Gasteiger partial charge on any atom is -0.493 e. The molecule has 1 aromatic carbocycles. The molecule has 0 radical (unpaired) electrons. The molecule has 0 heterocycles. The maximum Gasteiger partial charge on any atom is 0.346 e. The summed E-state index contributed by atoms with van der Waals surface area (Å²) >= 11 is 0. The van der Waals surface area contributed by atoms with Gasteiger partial charge in [0.2, 0.25) is 0 Å². The van der Waals surface area contributed by atoms with Crippen LogP contribution in [0, 0.1) is 10.1 Å². The van der Waals surface area contributed by atoms with E-state index in [2.05, 4.69) is 5.32 Å². The predicted octanol–water partition coefficient (Wildman–Crippen LogP) is 1.78. The number of esters is 1. The number of carbonyl (C=O) groups is 3. The van der Waals surface area contributed by atoms with Gasteiger partial charge in [-0.1, -0.05) is 0 Å². The standard InChI is InChI=1S/C17H23N3O8/c1-6-27-14-7-11(12(20(24)25)8-13(14)26-5)16(22)28-10(4)15(21)19-17(23)18-9(2)3/h7-10H,6H2,1-5H3,(H2,18,19,21,23). The molecule has 1 rings (SSSR count). The van der Waals surface area contributed by atoms with Crippen LogP contribution in [0.1, 0.15) is 38.1 Å². The van der Waals surface area contributed by atoms with Crippen molar-refractivity contribution in [1.29, 1.82) is 0 Å². The molecule has 0 bridgehead atoms. The SMILES string of the molecule is CCOc1cc(C(=O)OC(C)C(=O)NC(=O)NC(C)C)c([N+](=O)[O-])cc1OC. The third-order valence-electron chi connectivity index (χ3n) is 3.31. The third kappa shape index (κ3) is 6.11. The highest BCUT2D eigenvalue weighted by molar-refractivity contribution is 6.00. The molecule has 154 valence electrons. The van der Waals surface area contributed by atoms with E-state index >= 15 is 0 Å². The highest BCUT2D eigenvalue weighted by Gasteiger charge is 2.29. The fraction of sp³-hybridized carbons (Fsp3) is 0.471. The lowest BCUT2D eigenvalue weighted by Crippen LogP contribution is -2.46. The number of hydrogen-bond acceptors (Lipinski definition) is 8. The molecule has 0 aliphatic carbocycles. The summed E-state index contributed by atoms with van der Waals surface area (Å²) in [5.74, 6) is -1.83. The van der Waals surface area contributed by atoms with E-state index < -0.39 is 40.2 Å². The van der Waals surface area contributed by atoms with Gasteiger partial charge >= 0.3 is 12.0 Å². The zero-order valence-electron chi connectivity index (χ0n) is 16.2. The van der Waals surface area contributed by atoms with Gasteiger partial charge in [-0.3, -0.25) is 20.2 Å². The first kappa shape index (κ1) is 22.7. The van der Waals surface area contributed by atoms with Gasteiger partial charge in [0.1, 0.15) is 5.56 Å². The fourth-order valence-corrected chi connectivity index (χ4v) is 2.08. The number of nitro benzene ring substituents is 1. The van der Waals surface area contributed by atoms with Crippen LogP contribution in [0.15, 0.2) is 12.1 Å². The number of urea groups is 1. The Labute approximate surface area is 161 Å². The molecule has 2 N–H and O–H groups in total. The van der Waals surface area contributed by atoms with Gasteiger partial charge in [0.05, 0.1) is 24.7 Å². The van der Waals surface area contributed by atoms with Crippen molar-refractivity contribution in [3.8, 4) is 11.5 Å². The van der Waals surface area contributed by atoms with Gasteiger partial charge in [-0.15, -0.1) is 0 Å². The Bertz CT molecular complexity index is 763. The molecule has 1 unspecified atom stereocenters. The molecule has 0 spiro atoms. The number of amides is 3.